The van der Waals surface area contributed by atoms with Crippen LogP contribution >= 0.6 is 23.1 Å². The molecule has 4 rings (SSSR count). The van der Waals surface area contributed by atoms with E-state index in [1.54, 1.807) is 16.0 Å². The van der Waals surface area contributed by atoms with Crippen LogP contribution in [0.4, 0.5) is 0 Å². The van der Waals surface area contributed by atoms with Gasteiger partial charge in [0.25, 0.3) is 0 Å². The Morgan fingerprint density at radius 3 is 2.62 bits per heavy atom. The quantitative estimate of drug-likeness (QED) is 0.456. The summed E-state index contributed by atoms with van der Waals surface area (Å²) in [6.45, 7) is 2.05. The van der Waals surface area contributed by atoms with Crippen molar-refractivity contribution in [3.8, 4) is 5.69 Å². The number of rotatable bonds is 7. The van der Waals surface area contributed by atoms with Gasteiger partial charge in [-0.1, -0.05) is 65.9 Å². The van der Waals surface area contributed by atoms with Gasteiger partial charge in [0.15, 0.2) is 0 Å². The molecule has 1 atom stereocenters. The van der Waals surface area contributed by atoms with Crippen LogP contribution in [-0.4, -0.2) is 31.9 Å². The Balaban J connectivity index is 1.46. The molecule has 0 radical (unpaired) electrons. The van der Waals surface area contributed by atoms with Gasteiger partial charge in [-0.05, 0) is 46.5 Å². The third-order valence-electron chi connectivity index (χ3n) is 4.32. The first-order valence-electron chi connectivity index (χ1n) is 9.06. The predicted molar refractivity (Wildman–Crippen MR) is 115 cm³/mol. The average Bonchev–Trinajstić information content (AvgIpc) is 3.44. The Morgan fingerprint density at radius 2 is 1.90 bits per heavy atom. The van der Waals surface area contributed by atoms with Crippen molar-refractivity contribution in [1.82, 2.24) is 25.5 Å². The molecule has 29 heavy (non-hydrogen) atoms. The van der Waals surface area contributed by atoms with Crippen molar-refractivity contribution in [2.45, 2.75) is 18.1 Å². The van der Waals surface area contributed by atoms with E-state index in [9.17, 15) is 4.79 Å². The van der Waals surface area contributed by atoms with E-state index in [1.165, 1.54) is 17.3 Å². The fourth-order valence-corrected chi connectivity index (χ4v) is 4.37. The third kappa shape index (κ3) is 4.72. The fourth-order valence-electron chi connectivity index (χ4n) is 2.87. The number of nitrogens with zero attached hydrogens (tertiary/aromatic N) is 4. The molecular weight excluding hydrogens is 402 g/mol. The summed E-state index contributed by atoms with van der Waals surface area (Å²) >= 11 is 2.94. The van der Waals surface area contributed by atoms with Gasteiger partial charge in [-0.25, -0.2) is 0 Å². The summed E-state index contributed by atoms with van der Waals surface area (Å²) < 4.78 is 1.63. The smallest absolute Gasteiger partial charge is 0.231 e. The molecule has 6 nitrogen and oxygen atoms in total. The van der Waals surface area contributed by atoms with Gasteiger partial charge < -0.3 is 5.32 Å². The van der Waals surface area contributed by atoms with Crippen LogP contribution in [0.15, 0.2) is 77.3 Å². The maximum atomic E-state index is 12.7. The summed E-state index contributed by atoms with van der Waals surface area (Å²) in [5.41, 5.74) is 3.11. The van der Waals surface area contributed by atoms with Crippen LogP contribution in [-0.2, 0) is 4.79 Å². The highest BCUT2D eigenvalue weighted by Gasteiger charge is 2.19. The van der Waals surface area contributed by atoms with Crippen molar-refractivity contribution in [1.29, 1.82) is 0 Å². The van der Waals surface area contributed by atoms with Crippen molar-refractivity contribution in [3.05, 3.63) is 88.1 Å². The second kappa shape index (κ2) is 9.02. The van der Waals surface area contributed by atoms with Gasteiger partial charge in [-0.3, -0.25) is 4.79 Å². The summed E-state index contributed by atoms with van der Waals surface area (Å²) in [5, 5.41) is 17.6. The molecule has 0 saturated heterocycles. The summed E-state index contributed by atoms with van der Waals surface area (Å²) in [6, 6.07) is 21.7. The number of thioether (sulfide) groups is 1. The van der Waals surface area contributed by atoms with E-state index in [0.29, 0.717) is 5.16 Å². The number of para-hydroxylation sites is 1. The van der Waals surface area contributed by atoms with Crippen LogP contribution in [0.5, 0.6) is 0 Å². The van der Waals surface area contributed by atoms with Crippen molar-refractivity contribution in [3.63, 3.8) is 0 Å². The molecule has 2 aromatic heterocycles. The molecule has 0 saturated carbocycles. The second-order valence-electron chi connectivity index (χ2n) is 6.42. The number of tetrazole rings is 1. The minimum absolute atomic E-state index is 0.0726. The number of carbonyl (C=O) groups excluding carboxylic acids is 1. The number of hydrogen-bond acceptors (Lipinski definition) is 6. The zero-order chi connectivity index (χ0) is 20.1. The molecule has 0 fully saturated rings. The minimum Gasteiger partial charge on any atom is -0.344 e. The van der Waals surface area contributed by atoms with Crippen LogP contribution in [0.3, 0.4) is 0 Å². The van der Waals surface area contributed by atoms with Gasteiger partial charge in [-0.15, -0.1) is 16.4 Å². The molecule has 2 aromatic carbocycles. The van der Waals surface area contributed by atoms with E-state index in [0.717, 1.165) is 16.1 Å². The number of amides is 1. The first-order chi connectivity index (χ1) is 14.2. The lowest BCUT2D eigenvalue weighted by atomic mass is 10.0. The van der Waals surface area contributed by atoms with Crippen molar-refractivity contribution in [2.24, 2.45) is 0 Å². The maximum Gasteiger partial charge on any atom is 0.231 e. The molecule has 0 aliphatic carbocycles. The summed E-state index contributed by atoms with van der Waals surface area (Å²) in [7, 11) is 0. The molecule has 1 N–H and O–H groups in total. The SMILES string of the molecule is Cc1ccc(C(NC(=O)CSc2nnnn2-c2ccccc2)c2cccs2)cc1. The number of benzene rings is 2. The summed E-state index contributed by atoms with van der Waals surface area (Å²) in [5.74, 6) is 0.151. The lowest BCUT2D eigenvalue weighted by molar-refractivity contribution is -0.119. The van der Waals surface area contributed by atoms with Crippen LogP contribution in [0.25, 0.3) is 5.69 Å². The number of nitrogens with one attached hydrogen (secondary N) is 1. The molecule has 0 aliphatic rings. The Labute approximate surface area is 177 Å². The highest BCUT2D eigenvalue weighted by atomic mass is 32.2. The molecule has 1 unspecified atom stereocenters. The number of aryl methyl sites for hydroxylation is 1. The Hall–Kier alpha value is -2.97. The number of carbonyl (C=O) groups is 1. The molecule has 0 aliphatic heterocycles. The van der Waals surface area contributed by atoms with Gasteiger partial charge in [0, 0.05) is 4.88 Å². The zero-order valence-corrected chi connectivity index (χ0v) is 17.4. The lowest BCUT2D eigenvalue weighted by Gasteiger charge is -2.18. The maximum absolute atomic E-state index is 12.7. The van der Waals surface area contributed by atoms with E-state index < -0.39 is 0 Å². The Morgan fingerprint density at radius 1 is 1.10 bits per heavy atom. The van der Waals surface area contributed by atoms with E-state index >= 15 is 0 Å². The summed E-state index contributed by atoms with van der Waals surface area (Å²) in [6.07, 6.45) is 0. The Bertz CT molecular complexity index is 1060. The summed E-state index contributed by atoms with van der Waals surface area (Å²) in [4.78, 5) is 13.8. The van der Waals surface area contributed by atoms with Crippen LogP contribution in [0.2, 0.25) is 0 Å². The van der Waals surface area contributed by atoms with Crippen molar-refractivity contribution < 1.29 is 4.79 Å². The second-order valence-corrected chi connectivity index (χ2v) is 8.35. The monoisotopic (exact) mass is 421 g/mol. The van der Waals surface area contributed by atoms with Crippen LogP contribution in [0, 0.1) is 6.92 Å². The standard InChI is InChI=1S/C21H19N5OS2/c1-15-9-11-16(12-10-15)20(18-8-5-13-28-18)22-19(27)14-29-21-23-24-25-26(21)17-6-3-2-4-7-17/h2-13,20H,14H2,1H3,(H,22,27). The number of aromatic nitrogens is 4. The molecule has 1 amide bonds. The molecule has 4 aromatic rings. The largest absolute Gasteiger partial charge is 0.344 e. The third-order valence-corrected chi connectivity index (χ3v) is 6.17. The van der Waals surface area contributed by atoms with Gasteiger partial charge in [-0.2, -0.15) is 4.68 Å². The molecule has 0 spiro atoms. The van der Waals surface area contributed by atoms with Gasteiger partial charge >= 0.3 is 0 Å². The van der Waals surface area contributed by atoms with Crippen molar-refractivity contribution in [2.75, 3.05) is 5.75 Å². The van der Waals surface area contributed by atoms with E-state index in [1.807, 2.05) is 47.8 Å². The van der Waals surface area contributed by atoms with E-state index in [2.05, 4.69) is 52.0 Å². The number of thiophene rings is 1. The number of hydrogen-bond donors (Lipinski definition) is 1. The Kier molecular flexibility index (Phi) is 6.02. The molecular formula is C21H19N5OS2. The van der Waals surface area contributed by atoms with Gasteiger partial charge in [0.2, 0.25) is 11.1 Å². The normalized spacial score (nSPS) is 11.9. The van der Waals surface area contributed by atoms with Crippen LogP contribution in [0.1, 0.15) is 22.0 Å². The van der Waals surface area contributed by atoms with Crippen molar-refractivity contribution >= 4 is 29.0 Å². The molecule has 0 bridgehead atoms. The fraction of sp³-hybridized carbons (Fsp3) is 0.143. The zero-order valence-electron chi connectivity index (χ0n) is 15.7. The molecule has 2 heterocycles. The minimum atomic E-state index is -0.172. The topological polar surface area (TPSA) is 72.7 Å². The lowest BCUT2D eigenvalue weighted by Crippen LogP contribution is -2.30. The highest BCUT2D eigenvalue weighted by molar-refractivity contribution is 7.99. The molecule has 8 heteroatoms. The first kappa shape index (κ1) is 19.4. The predicted octanol–water partition coefficient (Wildman–Crippen LogP) is 4.03. The molecule has 146 valence electrons. The van der Waals surface area contributed by atoms with Gasteiger partial charge in [0.1, 0.15) is 0 Å². The highest BCUT2D eigenvalue weighted by Crippen LogP contribution is 2.27. The van der Waals surface area contributed by atoms with Gasteiger partial charge in [0.05, 0.1) is 17.5 Å². The average molecular weight is 422 g/mol. The first-order valence-corrected chi connectivity index (χ1v) is 10.9. The van der Waals surface area contributed by atoms with E-state index in [4.69, 9.17) is 0 Å². The van der Waals surface area contributed by atoms with Crippen LogP contribution < -0.4 is 5.32 Å². The van der Waals surface area contributed by atoms with E-state index in [-0.39, 0.29) is 17.7 Å².